The first kappa shape index (κ1) is 32.4. The van der Waals surface area contributed by atoms with Crippen molar-refractivity contribution in [1.29, 1.82) is 0 Å². The summed E-state index contributed by atoms with van der Waals surface area (Å²) in [5, 5.41) is 0.0294. The predicted molar refractivity (Wildman–Crippen MR) is 183 cm³/mol. The zero-order chi connectivity index (χ0) is 32.7. The molecule has 0 amide bonds. The first-order chi connectivity index (χ1) is 20.9. The second-order valence-corrected chi connectivity index (χ2v) is 17.8. The molecular formula is C40H52O4S. The lowest BCUT2D eigenvalue weighted by Gasteiger charge is -2.70. The van der Waals surface area contributed by atoms with E-state index in [1.165, 1.54) is 67.5 Å². The highest BCUT2D eigenvalue weighted by atomic mass is 32.2. The standard InChI is InChI=1S/C40H52O4S/c1-24-11-13-28(14-12-24)45-31-22-32-38(8,29-21-30(43-26(3)41)35(44-27(4)42)25(2)34(29)31)18-20-40(10)33-23-36(5,6)15-16-37(33,7)17-19-39(32,40)9/h11-14,21-22,31,33H,15-20,23H2,1-10H3/t31?,33-,37-,38+,39-,40+/m1/s1. The molecule has 3 fully saturated rings. The number of carbonyl (C=O) groups excluding carboxylic acids is 2. The van der Waals surface area contributed by atoms with Crippen LogP contribution < -0.4 is 9.47 Å². The van der Waals surface area contributed by atoms with Gasteiger partial charge in [0.05, 0.1) is 5.25 Å². The van der Waals surface area contributed by atoms with Crippen LogP contribution in [0.2, 0.25) is 0 Å². The summed E-state index contributed by atoms with van der Waals surface area (Å²) in [6, 6.07) is 10.8. The molecule has 4 aliphatic carbocycles. The molecule has 0 radical (unpaired) electrons. The van der Waals surface area contributed by atoms with E-state index in [1.54, 1.807) is 5.57 Å². The number of carbonyl (C=O) groups is 2. The van der Waals surface area contributed by atoms with Crippen molar-refractivity contribution in [3.63, 3.8) is 0 Å². The average molecular weight is 629 g/mol. The Bertz CT molecular complexity index is 1590. The Hall–Kier alpha value is -2.53. The van der Waals surface area contributed by atoms with E-state index in [4.69, 9.17) is 9.47 Å². The fraction of sp³-hybridized carbons (Fsp3) is 0.600. The molecule has 5 heteroatoms. The summed E-state index contributed by atoms with van der Waals surface area (Å²) in [5.41, 5.74) is 6.83. The fourth-order valence-corrected chi connectivity index (χ4v) is 11.4. The van der Waals surface area contributed by atoms with E-state index >= 15 is 0 Å². The molecule has 2 aromatic carbocycles. The number of esters is 2. The van der Waals surface area contributed by atoms with E-state index in [0.717, 1.165) is 18.4 Å². The minimum atomic E-state index is -0.422. The van der Waals surface area contributed by atoms with Gasteiger partial charge in [0.1, 0.15) is 0 Å². The fourth-order valence-electron chi connectivity index (χ4n) is 10.2. The monoisotopic (exact) mass is 628 g/mol. The van der Waals surface area contributed by atoms with Crippen LogP contribution in [0, 0.1) is 41.4 Å². The third-order valence-corrected chi connectivity index (χ3v) is 14.2. The molecular weight excluding hydrogens is 577 g/mol. The predicted octanol–water partition coefficient (Wildman–Crippen LogP) is 10.6. The molecule has 3 saturated carbocycles. The van der Waals surface area contributed by atoms with Gasteiger partial charge < -0.3 is 9.47 Å². The average Bonchev–Trinajstić information content (AvgIpc) is 2.95. The van der Waals surface area contributed by atoms with E-state index in [9.17, 15) is 9.59 Å². The van der Waals surface area contributed by atoms with Crippen molar-refractivity contribution in [2.45, 2.75) is 130 Å². The number of thioether (sulfide) groups is 1. The minimum absolute atomic E-state index is 0.0294. The molecule has 4 nitrogen and oxygen atoms in total. The van der Waals surface area contributed by atoms with Gasteiger partial charge in [-0.3, -0.25) is 9.59 Å². The Labute approximate surface area is 275 Å². The number of hydrogen-bond donors (Lipinski definition) is 0. The SMILES string of the molecule is CC(=O)Oc1cc2c(c(C)c1OC(C)=O)C(Sc1ccc(C)cc1)C=C1[C@@]2(C)CC[C@@]2(C)[C@@H]3CC(C)(C)CC[C@]3(C)CC[C@]12C. The summed E-state index contributed by atoms with van der Waals surface area (Å²) in [5.74, 6) is 0.538. The van der Waals surface area contributed by atoms with Gasteiger partial charge in [-0.05, 0) is 116 Å². The number of aryl methyl sites for hydroxylation is 1. The maximum absolute atomic E-state index is 12.3. The lowest BCUT2D eigenvalue weighted by atomic mass is 9.34. The lowest BCUT2D eigenvalue weighted by molar-refractivity contribution is -0.156. The van der Waals surface area contributed by atoms with Crippen molar-refractivity contribution in [3.05, 3.63) is 64.2 Å². The first-order valence-corrected chi connectivity index (χ1v) is 17.8. The highest BCUT2D eigenvalue weighted by molar-refractivity contribution is 7.99. The van der Waals surface area contributed by atoms with Crippen LogP contribution in [0.1, 0.15) is 128 Å². The van der Waals surface area contributed by atoms with Gasteiger partial charge in [-0.25, -0.2) is 0 Å². The van der Waals surface area contributed by atoms with E-state index in [0.29, 0.717) is 28.2 Å². The van der Waals surface area contributed by atoms with E-state index in [-0.39, 0.29) is 21.5 Å². The molecule has 0 N–H and O–H groups in total. The second kappa shape index (κ2) is 10.8. The van der Waals surface area contributed by atoms with Crippen molar-refractivity contribution in [2.75, 3.05) is 0 Å². The molecule has 6 rings (SSSR count). The molecule has 45 heavy (non-hydrogen) atoms. The molecule has 4 aliphatic rings. The molecule has 242 valence electrons. The normalized spacial score (nSPS) is 34.8. The van der Waals surface area contributed by atoms with Crippen LogP contribution in [0.15, 0.2) is 46.9 Å². The Morgan fingerprint density at radius 3 is 2.11 bits per heavy atom. The Balaban J connectivity index is 1.57. The van der Waals surface area contributed by atoms with Crippen LogP contribution in [0.25, 0.3) is 0 Å². The Morgan fingerprint density at radius 2 is 1.47 bits per heavy atom. The van der Waals surface area contributed by atoms with Gasteiger partial charge in [0, 0.05) is 29.7 Å². The number of fused-ring (bicyclic) bond motifs is 7. The molecule has 6 atom stereocenters. The zero-order valence-corrected chi connectivity index (χ0v) is 29.9. The number of ether oxygens (including phenoxy) is 2. The summed E-state index contributed by atoms with van der Waals surface area (Å²) >= 11 is 1.87. The van der Waals surface area contributed by atoms with Gasteiger partial charge in [-0.1, -0.05) is 70.9 Å². The summed E-state index contributed by atoms with van der Waals surface area (Å²) in [6.45, 7) is 22.2. The third-order valence-electron chi connectivity index (χ3n) is 13.0. The molecule has 0 aliphatic heterocycles. The Kier molecular flexibility index (Phi) is 7.75. The van der Waals surface area contributed by atoms with Gasteiger partial charge in [0.25, 0.3) is 0 Å². The Morgan fingerprint density at radius 1 is 0.822 bits per heavy atom. The van der Waals surface area contributed by atoms with Crippen LogP contribution in [-0.2, 0) is 15.0 Å². The highest BCUT2D eigenvalue weighted by Gasteiger charge is 2.66. The number of hydrogen-bond acceptors (Lipinski definition) is 5. The van der Waals surface area contributed by atoms with Gasteiger partial charge in [-0.2, -0.15) is 0 Å². The van der Waals surface area contributed by atoms with Crippen molar-refractivity contribution in [3.8, 4) is 11.5 Å². The summed E-state index contributed by atoms with van der Waals surface area (Å²) in [7, 11) is 0. The molecule has 0 bridgehead atoms. The second-order valence-electron chi connectivity index (χ2n) is 16.6. The molecule has 1 unspecified atom stereocenters. The van der Waals surface area contributed by atoms with Crippen molar-refractivity contribution in [2.24, 2.45) is 27.6 Å². The van der Waals surface area contributed by atoms with Crippen LogP contribution in [-0.4, -0.2) is 11.9 Å². The maximum Gasteiger partial charge on any atom is 0.308 e. The largest absolute Gasteiger partial charge is 0.423 e. The van der Waals surface area contributed by atoms with Crippen molar-refractivity contribution < 1.29 is 19.1 Å². The van der Waals surface area contributed by atoms with E-state index in [1.807, 2.05) is 24.8 Å². The molecule has 0 saturated heterocycles. The first-order valence-electron chi connectivity index (χ1n) is 16.9. The quantitative estimate of drug-likeness (QED) is 0.192. The van der Waals surface area contributed by atoms with E-state index in [2.05, 4.69) is 78.8 Å². The van der Waals surface area contributed by atoms with E-state index < -0.39 is 11.9 Å². The number of allylic oxidation sites excluding steroid dienone is 1. The maximum atomic E-state index is 12.3. The zero-order valence-electron chi connectivity index (χ0n) is 29.1. The summed E-state index contributed by atoms with van der Waals surface area (Å²) < 4.78 is 11.6. The van der Waals surface area contributed by atoms with Crippen molar-refractivity contribution in [1.82, 2.24) is 0 Å². The summed E-state index contributed by atoms with van der Waals surface area (Å²) in [4.78, 5) is 25.9. The van der Waals surface area contributed by atoms with Crippen LogP contribution in [0.5, 0.6) is 11.5 Å². The third kappa shape index (κ3) is 5.11. The number of rotatable bonds is 4. The number of benzene rings is 2. The van der Waals surface area contributed by atoms with Crippen molar-refractivity contribution >= 4 is 23.7 Å². The van der Waals surface area contributed by atoms with Crippen LogP contribution in [0.3, 0.4) is 0 Å². The smallest absolute Gasteiger partial charge is 0.308 e. The highest BCUT2D eigenvalue weighted by Crippen LogP contribution is 2.75. The minimum Gasteiger partial charge on any atom is -0.423 e. The van der Waals surface area contributed by atoms with Gasteiger partial charge in [0.15, 0.2) is 11.5 Å². The topological polar surface area (TPSA) is 52.6 Å². The van der Waals surface area contributed by atoms with Gasteiger partial charge in [0.2, 0.25) is 0 Å². The summed E-state index contributed by atoms with van der Waals surface area (Å²) in [6.07, 6.45) is 11.2. The van der Waals surface area contributed by atoms with Crippen LogP contribution >= 0.6 is 11.8 Å². The molecule has 2 aromatic rings. The van der Waals surface area contributed by atoms with Gasteiger partial charge in [-0.15, -0.1) is 11.8 Å². The molecule has 0 aromatic heterocycles. The lowest BCUT2D eigenvalue weighted by Crippen LogP contribution is -2.62. The van der Waals surface area contributed by atoms with Crippen LogP contribution in [0.4, 0.5) is 0 Å². The molecule has 0 spiro atoms. The van der Waals surface area contributed by atoms with Gasteiger partial charge >= 0.3 is 11.9 Å². The molecule has 0 heterocycles.